The van der Waals surface area contributed by atoms with Gasteiger partial charge in [-0.05, 0) is 42.8 Å². The first-order chi connectivity index (χ1) is 11.6. The molecule has 24 heavy (non-hydrogen) atoms. The molecule has 2 aromatic rings. The summed E-state index contributed by atoms with van der Waals surface area (Å²) in [6.07, 6.45) is 5.72. The normalized spacial score (nSPS) is 17.5. The molecule has 1 fully saturated rings. The van der Waals surface area contributed by atoms with Gasteiger partial charge in [-0.3, -0.25) is 9.59 Å². The summed E-state index contributed by atoms with van der Waals surface area (Å²) in [5.74, 6) is 0.738. The zero-order valence-corrected chi connectivity index (χ0v) is 14.4. The largest absolute Gasteiger partial charge is 0.351 e. The third kappa shape index (κ3) is 4.17. The lowest BCUT2D eigenvalue weighted by Gasteiger charge is -2.33. The maximum atomic E-state index is 12.3. The van der Waals surface area contributed by atoms with Gasteiger partial charge in [-0.25, -0.2) is 9.97 Å². The van der Waals surface area contributed by atoms with Crippen molar-refractivity contribution in [2.45, 2.75) is 32.2 Å². The maximum Gasteiger partial charge on any atom is 0.225 e. The Bertz CT molecular complexity index is 716. The highest BCUT2D eigenvalue weighted by Crippen LogP contribution is 2.17. The van der Waals surface area contributed by atoms with E-state index in [1.165, 1.54) is 18.3 Å². The van der Waals surface area contributed by atoms with Crippen molar-refractivity contribution < 1.29 is 9.59 Å². The van der Waals surface area contributed by atoms with Crippen LogP contribution in [0.15, 0.2) is 29.9 Å². The van der Waals surface area contributed by atoms with Crippen molar-refractivity contribution in [1.29, 1.82) is 0 Å². The molecule has 3 rings (SSSR count). The number of anilines is 1. The third-order valence-electron chi connectivity index (χ3n) is 3.99. The summed E-state index contributed by atoms with van der Waals surface area (Å²) in [5.41, 5.74) is 0.891. The molecule has 6 nitrogen and oxygen atoms in total. The zero-order valence-electron chi connectivity index (χ0n) is 13.6. The summed E-state index contributed by atoms with van der Waals surface area (Å²) >= 11 is 1.39. The molecular weight excluding hydrogens is 324 g/mol. The van der Waals surface area contributed by atoms with Crippen LogP contribution in [0.4, 0.5) is 5.95 Å². The van der Waals surface area contributed by atoms with Gasteiger partial charge in [-0.2, -0.15) is 0 Å². The molecule has 7 heteroatoms. The Morgan fingerprint density at radius 2 is 2.17 bits per heavy atom. The predicted octanol–water partition coefficient (Wildman–Crippen LogP) is 2.07. The third-order valence-corrected chi connectivity index (χ3v) is 5.07. The number of hydrogen-bond donors (Lipinski definition) is 1. The number of hydrogen-bond acceptors (Lipinski definition) is 6. The minimum Gasteiger partial charge on any atom is -0.351 e. The van der Waals surface area contributed by atoms with Crippen LogP contribution in [-0.2, 0) is 11.2 Å². The number of nitrogens with one attached hydrogen (secondary N) is 1. The molecule has 2 aromatic heterocycles. The van der Waals surface area contributed by atoms with Gasteiger partial charge in [0.05, 0.1) is 11.3 Å². The highest BCUT2D eigenvalue weighted by molar-refractivity contribution is 7.12. The SMILES string of the molecule is CC(=O)c1cc(CC(=O)N[C@@H]2CCCN(c3ncccn3)C2)cs1. The summed E-state index contributed by atoms with van der Waals surface area (Å²) in [6.45, 7) is 3.17. The van der Waals surface area contributed by atoms with Crippen molar-refractivity contribution in [2.75, 3.05) is 18.0 Å². The number of Topliss-reactive ketones (excluding diaryl/α,β-unsaturated/α-hetero) is 1. The summed E-state index contributed by atoms with van der Waals surface area (Å²) in [7, 11) is 0. The van der Waals surface area contributed by atoms with Gasteiger partial charge in [-0.1, -0.05) is 0 Å². The first-order valence-corrected chi connectivity index (χ1v) is 8.89. The Morgan fingerprint density at radius 1 is 1.38 bits per heavy atom. The Balaban J connectivity index is 1.55. The first-order valence-electron chi connectivity index (χ1n) is 8.01. The molecule has 1 aliphatic rings. The molecule has 0 bridgehead atoms. The minimum atomic E-state index is -0.0104. The molecule has 126 valence electrons. The second-order valence-electron chi connectivity index (χ2n) is 5.95. The van der Waals surface area contributed by atoms with Gasteiger partial charge >= 0.3 is 0 Å². The summed E-state index contributed by atoms with van der Waals surface area (Å²) < 4.78 is 0. The van der Waals surface area contributed by atoms with Gasteiger partial charge in [0.1, 0.15) is 0 Å². The summed E-state index contributed by atoms with van der Waals surface area (Å²) in [4.78, 5) is 34.9. The van der Waals surface area contributed by atoms with E-state index in [9.17, 15) is 9.59 Å². The van der Waals surface area contributed by atoms with E-state index >= 15 is 0 Å². The highest BCUT2D eigenvalue weighted by atomic mass is 32.1. The van der Waals surface area contributed by atoms with Crippen molar-refractivity contribution in [3.63, 3.8) is 0 Å². The lowest BCUT2D eigenvalue weighted by Crippen LogP contribution is -2.48. The van der Waals surface area contributed by atoms with Crippen LogP contribution in [0.2, 0.25) is 0 Å². The van der Waals surface area contributed by atoms with E-state index in [1.54, 1.807) is 24.5 Å². The molecular formula is C17H20N4O2S. The van der Waals surface area contributed by atoms with Crippen LogP contribution >= 0.6 is 11.3 Å². The fourth-order valence-electron chi connectivity index (χ4n) is 2.85. The number of carbonyl (C=O) groups is 2. The Kier molecular flexibility index (Phi) is 5.20. The number of thiophene rings is 1. The van der Waals surface area contributed by atoms with Crippen LogP contribution in [0, 0.1) is 0 Å². The van der Waals surface area contributed by atoms with Crippen molar-refractivity contribution >= 4 is 29.0 Å². The lowest BCUT2D eigenvalue weighted by atomic mass is 10.1. The van der Waals surface area contributed by atoms with E-state index in [2.05, 4.69) is 20.2 Å². The average molecular weight is 344 g/mol. The number of piperidine rings is 1. The van der Waals surface area contributed by atoms with Crippen LogP contribution < -0.4 is 10.2 Å². The maximum absolute atomic E-state index is 12.3. The molecule has 1 atom stereocenters. The molecule has 0 aliphatic carbocycles. The number of ketones is 1. The highest BCUT2D eigenvalue weighted by Gasteiger charge is 2.23. The fraction of sp³-hybridized carbons (Fsp3) is 0.412. The van der Waals surface area contributed by atoms with Crippen molar-refractivity contribution in [2.24, 2.45) is 0 Å². The Labute approximate surface area is 144 Å². The second-order valence-corrected chi connectivity index (χ2v) is 6.86. The van der Waals surface area contributed by atoms with Crippen molar-refractivity contribution in [3.8, 4) is 0 Å². The Morgan fingerprint density at radius 3 is 2.88 bits per heavy atom. The van der Waals surface area contributed by atoms with Crippen LogP contribution in [-0.4, -0.2) is 40.8 Å². The molecule has 3 heterocycles. The quantitative estimate of drug-likeness (QED) is 0.841. The average Bonchev–Trinajstić information content (AvgIpc) is 3.04. The number of aromatic nitrogens is 2. The molecule has 1 saturated heterocycles. The molecule has 0 saturated carbocycles. The van der Waals surface area contributed by atoms with E-state index in [1.807, 2.05) is 5.38 Å². The monoisotopic (exact) mass is 344 g/mol. The molecule has 1 N–H and O–H groups in total. The van der Waals surface area contributed by atoms with Gasteiger partial charge in [0, 0.05) is 31.5 Å². The number of nitrogens with zero attached hydrogens (tertiary/aromatic N) is 3. The summed E-state index contributed by atoms with van der Waals surface area (Å²) in [6, 6.07) is 3.70. The van der Waals surface area contributed by atoms with E-state index in [-0.39, 0.29) is 17.7 Å². The van der Waals surface area contributed by atoms with Gasteiger partial charge in [0.15, 0.2) is 5.78 Å². The van der Waals surface area contributed by atoms with Crippen LogP contribution in [0.3, 0.4) is 0 Å². The fourth-order valence-corrected chi connectivity index (χ4v) is 3.66. The van der Waals surface area contributed by atoms with Crippen LogP contribution in [0.25, 0.3) is 0 Å². The van der Waals surface area contributed by atoms with Gasteiger partial charge < -0.3 is 10.2 Å². The molecule has 0 unspecified atom stereocenters. The number of amides is 1. The number of carbonyl (C=O) groups excluding carboxylic acids is 2. The zero-order chi connectivity index (χ0) is 16.9. The smallest absolute Gasteiger partial charge is 0.225 e. The topological polar surface area (TPSA) is 75.2 Å². The van der Waals surface area contributed by atoms with Crippen LogP contribution in [0.1, 0.15) is 35.0 Å². The molecule has 0 spiro atoms. The standard InChI is InChI=1S/C17H20N4O2S/c1-12(22)15-8-13(11-24-15)9-16(23)20-14-4-2-7-21(10-14)17-18-5-3-6-19-17/h3,5-6,8,11,14H,2,4,7,9-10H2,1H3,(H,20,23)/t14-/m1/s1. The van der Waals surface area contributed by atoms with E-state index < -0.39 is 0 Å². The van der Waals surface area contributed by atoms with E-state index in [0.29, 0.717) is 17.2 Å². The van der Waals surface area contributed by atoms with Crippen LogP contribution in [0.5, 0.6) is 0 Å². The van der Waals surface area contributed by atoms with Gasteiger partial charge in [0.2, 0.25) is 11.9 Å². The van der Waals surface area contributed by atoms with Crippen molar-refractivity contribution in [3.05, 3.63) is 40.3 Å². The first kappa shape index (κ1) is 16.6. The van der Waals surface area contributed by atoms with E-state index in [4.69, 9.17) is 0 Å². The predicted molar refractivity (Wildman–Crippen MR) is 93.4 cm³/mol. The van der Waals surface area contributed by atoms with Gasteiger partial charge in [0.25, 0.3) is 0 Å². The molecule has 0 radical (unpaired) electrons. The van der Waals surface area contributed by atoms with Gasteiger partial charge in [-0.15, -0.1) is 11.3 Å². The summed E-state index contributed by atoms with van der Waals surface area (Å²) in [5, 5.41) is 4.97. The molecule has 0 aromatic carbocycles. The van der Waals surface area contributed by atoms with E-state index in [0.717, 1.165) is 31.5 Å². The Hall–Kier alpha value is -2.28. The van der Waals surface area contributed by atoms with Crippen molar-refractivity contribution in [1.82, 2.24) is 15.3 Å². The number of rotatable bonds is 5. The molecule has 1 amide bonds. The minimum absolute atomic E-state index is 0.0104. The molecule has 1 aliphatic heterocycles. The second kappa shape index (κ2) is 7.53. The lowest BCUT2D eigenvalue weighted by molar-refractivity contribution is -0.121.